The average molecular weight is 241 g/mol. The van der Waals surface area contributed by atoms with Crippen molar-refractivity contribution < 1.29 is 0 Å². The number of thioether (sulfide) groups is 1. The molecule has 0 aromatic carbocycles. The van der Waals surface area contributed by atoms with Crippen LogP contribution in [0.15, 0.2) is 0 Å². The number of rotatable bonds is 4. The Labute approximate surface area is 105 Å². The molecular weight excluding hydrogens is 214 g/mol. The van der Waals surface area contributed by atoms with Gasteiger partial charge in [0.25, 0.3) is 0 Å². The van der Waals surface area contributed by atoms with E-state index < -0.39 is 0 Å². The predicted octanol–water partition coefficient (Wildman–Crippen LogP) is 3.83. The molecule has 2 fully saturated rings. The summed E-state index contributed by atoms with van der Waals surface area (Å²) in [4.78, 5) is 0. The zero-order valence-corrected chi connectivity index (χ0v) is 11.7. The van der Waals surface area contributed by atoms with Crippen molar-refractivity contribution in [2.45, 2.75) is 75.3 Å². The Morgan fingerprint density at radius 3 is 2.50 bits per heavy atom. The Kier molecular flexibility index (Phi) is 5.02. The number of hydrogen-bond acceptors (Lipinski definition) is 2. The zero-order chi connectivity index (χ0) is 11.4. The van der Waals surface area contributed by atoms with E-state index in [0.29, 0.717) is 0 Å². The van der Waals surface area contributed by atoms with Gasteiger partial charge in [-0.1, -0.05) is 33.1 Å². The van der Waals surface area contributed by atoms with Gasteiger partial charge in [-0.2, -0.15) is 11.8 Å². The lowest BCUT2D eigenvalue weighted by molar-refractivity contribution is 0.440. The average Bonchev–Trinajstić information content (AvgIpc) is 2.64. The van der Waals surface area contributed by atoms with Crippen LogP contribution in [-0.4, -0.2) is 23.1 Å². The van der Waals surface area contributed by atoms with Crippen molar-refractivity contribution in [3.05, 3.63) is 0 Å². The molecule has 2 aliphatic rings. The smallest absolute Gasteiger partial charge is 0.0103 e. The van der Waals surface area contributed by atoms with Crippen molar-refractivity contribution in [1.82, 2.24) is 5.32 Å². The summed E-state index contributed by atoms with van der Waals surface area (Å²) in [6.07, 6.45) is 10.3. The zero-order valence-electron chi connectivity index (χ0n) is 10.9. The molecule has 16 heavy (non-hydrogen) atoms. The van der Waals surface area contributed by atoms with Gasteiger partial charge in [-0.05, 0) is 38.1 Å². The molecule has 2 rings (SSSR count). The van der Waals surface area contributed by atoms with Gasteiger partial charge in [0.1, 0.15) is 0 Å². The maximum Gasteiger partial charge on any atom is 0.0103 e. The van der Waals surface area contributed by atoms with Crippen LogP contribution in [-0.2, 0) is 0 Å². The molecule has 0 aromatic heterocycles. The first-order chi connectivity index (χ1) is 7.81. The molecule has 0 aromatic rings. The summed E-state index contributed by atoms with van der Waals surface area (Å²) < 4.78 is 0. The minimum atomic E-state index is 0.797. The largest absolute Gasteiger partial charge is 0.314 e. The van der Waals surface area contributed by atoms with Crippen molar-refractivity contribution in [2.75, 3.05) is 6.54 Å². The standard InChI is InChI=1S/C14H27NS/c1-3-15-13-9-10-14(11(13)2)16-12-7-5-4-6-8-12/h11-15H,3-10H2,1-2H3. The van der Waals surface area contributed by atoms with Crippen molar-refractivity contribution in [1.29, 1.82) is 0 Å². The molecular formula is C14H27NS. The Balaban J connectivity index is 1.77. The van der Waals surface area contributed by atoms with Crippen LogP contribution in [0.1, 0.15) is 58.8 Å². The van der Waals surface area contributed by atoms with Crippen LogP contribution in [0.3, 0.4) is 0 Å². The van der Waals surface area contributed by atoms with Gasteiger partial charge in [0.05, 0.1) is 0 Å². The molecule has 0 bridgehead atoms. The molecule has 2 heteroatoms. The maximum absolute atomic E-state index is 3.65. The predicted molar refractivity (Wildman–Crippen MR) is 74.1 cm³/mol. The lowest BCUT2D eigenvalue weighted by Crippen LogP contribution is -2.33. The van der Waals surface area contributed by atoms with Gasteiger partial charge in [-0.3, -0.25) is 0 Å². The van der Waals surface area contributed by atoms with E-state index in [-0.39, 0.29) is 0 Å². The minimum Gasteiger partial charge on any atom is -0.314 e. The van der Waals surface area contributed by atoms with E-state index in [0.717, 1.165) is 29.0 Å². The van der Waals surface area contributed by atoms with Gasteiger partial charge in [0.2, 0.25) is 0 Å². The summed E-state index contributed by atoms with van der Waals surface area (Å²) in [5.74, 6) is 0.881. The fraction of sp³-hybridized carbons (Fsp3) is 1.00. The minimum absolute atomic E-state index is 0.797. The highest BCUT2D eigenvalue weighted by Crippen LogP contribution is 2.40. The van der Waals surface area contributed by atoms with Crippen molar-refractivity contribution in [3.8, 4) is 0 Å². The van der Waals surface area contributed by atoms with Crippen molar-refractivity contribution in [2.24, 2.45) is 5.92 Å². The van der Waals surface area contributed by atoms with Crippen molar-refractivity contribution in [3.63, 3.8) is 0 Å². The monoisotopic (exact) mass is 241 g/mol. The first-order valence-corrected chi connectivity index (χ1v) is 8.14. The molecule has 0 aliphatic heterocycles. The lowest BCUT2D eigenvalue weighted by Gasteiger charge is -2.27. The SMILES string of the molecule is CCNC1CCC(SC2CCCCC2)C1C. The third-order valence-corrected chi connectivity index (χ3v) is 6.24. The molecule has 0 saturated heterocycles. The fourth-order valence-corrected chi connectivity index (χ4v) is 5.13. The summed E-state index contributed by atoms with van der Waals surface area (Å²) in [5.41, 5.74) is 0. The summed E-state index contributed by atoms with van der Waals surface area (Å²) in [7, 11) is 0. The molecule has 1 nitrogen and oxygen atoms in total. The summed E-state index contributed by atoms with van der Waals surface area (Å²) >= 11 is 2.33. The van der Waals surface area contributed by atoms with Crippen LogP contribution < -0.4 is 5.32 Å². The highest BCUT2D eigenvalue weighted by molar-refractivity contribution is 8.00. The quantitative estimate of drug-likeness (QED) is 0.803. The second-order valence-corrected chi connectivity index (χ2v) is 7.08. The first kappa shape index (κ1) is 12.8. The Hall–Kier alpha value is 0.310. The molecule has 2 saturated carbocycles. The van der Waals surface area contributed by atoms with Crippen LogP contribution in [0.4, 0.5) is 0 Å². The fourth-order valence-electron chi connectivity index (χ4n) is 3.32. The topological polar surface area (TPSA) is 12.0 Å². The summed E-state index contributed by atoms with van der Waals surface area (Å²) in [6.45, 7) is 5.82. The van der Waals surface area contributed by atoms with Crippen LogP contribution >= 0.6 is 11.8 Å². The molecule has 0 spiro atoms. The molecule has 3 unspecified atom stereocenters. The van der Waals surface area contributed by atoms with Crippen LogP contribution in [0.2, 0.25) is 0 Å². The van der Waals surface area contributed by atoms with Crippen LogP contribution in [0.5, 0.6) is 0 Å². The summed E-state index contributed by atoms with van der Waals surface area (Å²) in [6, 6.07) is 0.797. The Morgan fingerprint density at radius 1 is 1.06 bits per heavy atom. The van der Waals surface area contributed by atoms with Gasteiger partial charge >= 0.3 is 0 Å². The molecule has 0 heterocycles. The molecule has 2 aliphatic carbocycles. The number of nitrogens with one attached hydrogen (secondary N) is 1. The third kappa shape index (κ3) is 3.16. The van der Waals surface area contributed by atoms with Crippen LogP contribution in [0.25, 0.3) is 0 Å². The summed E-state index contributed by atoms with van der Waals surface area (Å²) in [5, 5.41) is 5.57. The molecule has 3 atom stereocenters. The van der Waals surface area contributed by atoms with Gasteiger partial charge in [-0.15, -0.1) is 0 Å². The number of hydrogen-bond donors (Lipinski definition) is 1. The molecule has 94 valence electrons. The lowest BCUT2D eigenvalue weighted by atomic mass is 10.0. The Bertz CT molecular complexity index is 201. The van der Waals surface area contributed by atoms with E-state index in [9.17, 15) is 0 Å². The van der Waals surface area contributed by atoms with Crippen LogP contribution in [0, 0.1) is 5.92 Å². The van der Waals surface area contributed by atoms with E-state index in [1.807, 2.05) is 0 Å². The van der Waals surface area contributed by atoms with E-state index in [1.54, 1.807) is 0 Å². The molecule has 1 N–H and O–H groups in total. The first-order valence-electron chi connectivity index (χ1n) is 7.20. The third-order valence-electron chi connectivity index (χ3n) is 4.37. The second kappa shape index (κ2) is 6.30. The van der Waals surface area contributed by atoms with E-state index in [4.69, 9.17) is 0 Å². The maximum atomic E-state index is 3.65. The van der Waals surface area contributed by atoms with Gasteiger partial charge in [-0.25, -0.2) is 0 Å². The van der Waals surface area contributed by atoms with E-state index in [2.05, 4.69) is 30.9 Å². The van der Waals surface area contributed by atoms with Gasteiger partial charge in [0, 0.05) is 16.5 Å². The van der Waals surface area contributed by atoms with E-state index in [1.165, 1.54) is 44.9 Å². The molecule has 0 radical (unpaired) electrons. The Morgan fingerprint density at radius 2 is 1.81 bits per heavy atom. The molecule has 0 amide bonds. The normalized spacial score (nSPS) is 36.8. The van der Waals surface area contributed by atoms with E-state index >= 15 is 0 Å². The van der Waals surface area contributed by atoms with Gasteiger partial charge < -0.3 is 5.32 Å². The second-order valence-electron chi connectivity index (χ2n) is 5.54. The van der Waals surface area contributed by atoms with Gasteiger partial charge in [0.15, 0.2) is 0 Å². The highest BCUT2D eigenvalue weighted by atomic mass is 32.2. The van der Waals surface area contributed by atoms with Crippen molar-refractivity contribution >= 4 is 11.8 Å². The highest BCUT2D eigenvalue weighted by Gasteiger charge is 2.34.